The Morgan fingerprint density at radius 2 is 2.10 bits per heavy atom. The summed E-state index contributed by atoms with van der Waals surface area (Å²) in [6.45, 7) is 6.31. The highest BCUT2D eigenvalue weighted by molar-refractivity contribution is 5.32. The largest absolute Gasteiger partial charge is 0.494 e. The molecule has 21 heavy (non-hydrogen) atoms. The summed E-state index contributed by atoms with van der Waals surface area (Å²) >= 11 is 0. The summed E-state index contributed by atoms with van der Waals surface area (Å²) in [6.07, 6.45) is 0.776. The third-order valence-corrected chi connectivity index (χ3v) is 3.64. The lowest BCUT2D eigenvalue weighted by atomic mass is 10.1. The summed E-state index contributed by atoms with van der Waals surface area (Å²) in [5, 5.41) is 4.51. The molecule has 0 bridgehead atoms. The number of hydrogen-bond acceptors (Lipinski definition) is 3. The highest BCUT2D eigenvalue weighted by Gasteiger charge is 2.15. The Bertz CT molecular complexity index is 635. The van der Waals surface area contributed by atoms with Crippen molar-refractivity contribution in [3.63, 3.8) is 0 Å². The lowest BCUT2D eigenvalue weighted by molar-refractivity contribution is 0.383. The molecule has 0 spiro atoms. The van der Waals surface area contributed by atoms with Crippen LogP contribution >= 0.6 is 0 Å². The van der Waals surface area contributed by atoms with E-state index in [-0.39, 0.29) is 17.6 Å². The van der Waals surface area contributed by atoms with Crippen LogP contribution in [0.15, 0.2) is 18.2 Å². The normalized spacial score (nSPS) is 12.5. The van der Waals surface area contributed by atoms with Gasteiger partial charge < -0.3 is 10.5 Å². The number of benzene rings is 1. The molecule has 2 N–H and O–H groups in total. The Balaban J connectivity index is 2.33. The Hall–Kier alpha value is -1.88. The molecule has 1 unspecified atom stereocenters. The fourth-order valence-corrected chi connectivity index (χ4v) is 2.50. The molecule has 1 aromatic carbocycles. The summed E-state index contributed by atoms with van der Waals surface area (Å²) in [5.74, 6) is -0.0777. The molecule has 1 heterocycles. The first-order chi connectivity index (χ1) is 9.93. The van der Waals surface area contributed by atoms with Crippen LogP contribution in [0.4, 0.5) is 4.39 Å². The van der Waals surface area contributed by atoms with E-state index < -0.39 is 0 Å². The summed E-state index contributed by atoms with van der Waals surface area (Å²) < 4.78 is 21.1. The van der Waals surface area contributed by atoms with Crippen LogP contribution in [0.5, 0.6) is 5.75 Å². The minimum atomic E-state index is -0.332. The van der Waals surface area contributed by atoms with Crippen molar-refractivity contribution in [2.45, 2.75) is 39.8 Å². The minimum absolute atomic E-state index is 0.0774. The van der Waals surface area contributed by atoms with Crippen LogP contribution in [0.25, 0.3) is 0 Å². The molecule has 114 valence electrons. The molecule has 0 radical (unpaired) electrons. The molecule has 1 atom stereocenters. The molecule has 2 aromatic rings. The summed E-state index contributed by atoms with van der Waals surface area (Å²) in [5.41, 5.74) is 9.57. The fourth-order valence-electron chi connectivity index (χ4n) is 2.50. The molecule has 2 rings (SSSR count). The van der Waals surface area contributed by atoms with Gasteiger partial charge >= 0.3 is 0 Å². The first kappa shape index (κ1) is 15.5. The number of nitrogens with zero attached hydrogens (tertiary/aromatic N) is 2. The Morgan fingerprint density at radius 3 is 2.71 bits per heavy atom. The highest BCUT2D eigenvalue weighted by atomic mass is 19.1. The number of methoxy groups -OCH3 is 1. The van der Waals surface area contributed by atoms with Crippen LogP contribution < -0.4 is 10.5 Å². The van der Waals surface area contributed by atoms with Gasteiger partial charge in [-0.25, -0.2) is 4.39 Å². The fraction of sp³-hybridized carbons (Fsp3) is 0.438. The maximum Gasteiger partial charge on any atom is 0.170 e. The van der Waals surface area contributed by atoms with Gasteiger partial charge in [0.2, 0.25) is 0 Å². The second-order valence-corrected chi connectivity index (χ2v) is 5.42. The van der Waals surface area contributed by atoms with E-state index in [1.54, 1.807) is 18.2 Å². The molecular weight excluding hydrogens is 269 g/mol. The summed E-state index contributed by atoms with van der Waals surface area (Å²) in [6, 6.07) is 5.22. The van der Waals surface area contributed by atoms with E-state index in [4.69, 9.17) is 10.5 Å². The Kier molecular flexibility index (Phi) is 4.63. The van der Waals surface area contributed by atoms with E-state index in [9.17, 15) is 4.39 Å². The van der Waals surface area contributed by atoms with Gasteiger partial charge in [0.15, 0.2) is 11.6 Å². The van der Waals surface area contributed by atoms with Crippen LogP contribution in [0.1, 0.15) is 29.4 Å². The van der Waals surface area contributed by atoms with Crippen LogP contribution in [0.2, 0.25) is 0 Å². The zero-order valence-electron chi connectivity index (χ0n) is 13.0. The molecule has 0 aliphatic carbocycles. The zero-order valence-corrected chi connectivity index (χ0v) is 13.0. The minimum Gasteiger partial charge on any atom is -0.494 e. The average molecular weight is 291 g/mol. The van der Waals surface area contributed by atoms with Crippen molar-refractivity contribution in [3.05, 3.63) is 46.5 Å². The van der Waals surface area contributed by atoms with Crippen LogP contribution in [0, 0.1) is 19.7 Å². The second kappa shape index (κ2) is 6.26. The van der Waals surface area contributed by atoms with Gasteiger partial charge in [0.25, 0.3) is 0 Å². The summed E-state index contributed by atoms with van der Waals surface area (Å²) in [7, 11) is 1.46. The number of rotatable bonds is 5. The van der Waals surface area contributed by atoms with Crippen molar-refractivity contribution < 1.29 is 9.13 Å². The predicted octanol–water partition coefficient (Wildman–Crippen LogP) is 2.59. The standard InChI is InChI=1S/C16H22FN3O/c1-10(18)8-14-11(2)19-20(12(14)3)9-13-6-5-7-15(21-4)16(13)17/h5-7,10H,8-9,18H2,1-4H3. The molecule has 0 amide bonds. The zero-order chi connectivity index (χ0) is 15.6. The molecule has 0 aliphatic heterocycles. The Morgan fingerprint density at radius 1 is 1.38 bits per heavy atom. The third-order valence-electron chi connectivity index (χ3n) is 3.64. The number of ether oxygens (including phenoxy) is 1. The molecule has 4 nitrogen and oxygen atoms in total. The quantitative estimate of drug-likeness (QED) is 0.921. The van der Waals surface area contributed by atoms with E-state index in [1.807, 2.05) is 25.5 Å². The first-order valence-corrected chi connectivity index (χ1v) is 7.03. The van der Waals surface area contributed by atoms with Gasteiger partial charge in [0.05, 0.1) is 19.3 Å². The van der Waals surface area contributed by atoms with Gasteiger partial charge in [0.1, 0.15) is 0 Å². The molecule has 0 saturated carbocycles. The molecule has 5 heteroatoms. The van der Waals surface area contributed by atoms with E-state index in [2.05, 4.69) is 5.10 Å². The van der Waals surface area contributed by atoms with Gasteiger partial charge in [-0.2, -0.15) is 5.10 Å². The molecular formula is C16H22FN3O. The average Bonchev–Trinajstić information content (AvgIpc) is 2.68. The summed E-state index contributed by atoms with van der Waals surface area (Å²) in [4.78, 5) is 0. The van der Waals surface area contributed by atoms with Crippen molar-refractivity contribution in [1.82, 2.24) is 9.78 Å². The molecule has 0 aliphatic rings. The maximum absolute atomic E-state index is 14.2. The smallest absolute Gasteiger partial charge is 0.170 e. The van der Waals surface area contributed by atoms with E-state index in [0.717, 1.165) is 23.4 Å². The monoisotopic (exact) mass is 291 g/mol. The van der Waals surface area contributed by atoms with Crippen molar-refractivity contribution in [1.29, 1.82) is 0 Å². The van der Waals surface area contributed by atoms with Crippen LogP contribution in [-0.4, -0.2) is 22.9 Å². The van der Waals surface area contributed by atoms with Crippen molar-refractivity contribution in [2.75, 3.05) is 7.11 Å². The van der Waals surface area contributed by atoms with E-state index >= 15 is 0 Å². The second-order valence-electron chi connectivity index (χ2n) is 5.42. The molecule has 1 aromatic heterocycles. The van der Waals surface area contributed by atoms with Gasteiger partial charge in [-0.15, -0.1) is 0 Å². The predicted molar refractivity (Wildman–Crippen MR) is 81.1 cm³/mol. The topological polar surface area (TPSA) is 53.1 Å². The first-order valence-electron chi connectivity index (χ1n) is 7.03. The third kappa shape index (κ3) is 3.24. The number of aromatic nitrogens is 2. The van der Waals surface area contributed by atoms with Crippen molar-refractivity contribution in [3.8, 4) is 5.75 Å². The lowest BCUT2D eigenvalue weighted by Crippen LogP contribution is -2.18. The van der Waals surface area contributed by atoms with Crippen molar-refractivity contribution >= 4 is 0 Å². The van der Waals surface area contributed by atoms with Gasteiger partial charge in [-0.05, 0) is 38.8 Å². The Labute approximate surface area is 124 Å². The van der Waals surface area contributed by atoms with Crippen LogP contribution in [0.3, 0.4) is 0 Å². The number of hydrogen-bond donors (Lipinski definition) is 1. The SMILES string of the molecule is COc1cccc(Cn2nc(C)c(CC(C)N)c2C)c1F. The van der Waals surface area contributed by atoms with Crippen molar-refractivity contribution in [2.24, 2.45) is 5.73 Å². The van der Waals surface area contributed by atoms with Crippen LogP contribution in [-0.2, 0) is 13.0 Å². The van der Waals surface area contributed by atoms with E-state index in [1.165, 1.54) is 7.11 Å². The lowest BCUT2D eigenvalue weighted by Gasteiger charge is -2.10. The maximum atomic E-state index is 14.2. The van der Waals surface area contributed by atoms with E-state index in [0.29, 0.717) is 12.1 Å². The van der Waals surface area contributed by atoms with Gasteiger partial charge in [-0.1, -0.05) is 12.1 Å². The van der Waals surface area contributed by atoms with Gasteiger partial charge in [0, 0.05) is 17.3 Å². The number of nitrogens with two attached hydrogens (primary N) is 1. The highest BCUT2D eigenvalue weighted by Crippen LogP contribution is 2.22. The van der Waals surface area contributed by atoms with Gasteiger partial charge in [-0.3, -0.25) is 4.68 Å². The molecule has 0 fully saturated rings. The number of halogens is 1. The number of aryl methyl sites for hydroxylation is 1. The molecule has 0 saturated heterocycles.